The van der Waals surface area contributed by atoms with Crippen molar-refractivity contribution < 1.29 is 9.90 Å². The van der Waals surface area contributed by atoms with E-state index in [1.165, 1.54) is 38.5 Å². The average Bonchev–Trinajstić information content (AvgIpc) is 2.86. The van der Waals surface area contributed by atoms with Crippen molar-refractivity contribution >= 4 is 21.7 Å². The third-order valence-corrected chi connectivity index (χ3v) is 9.46. The Morgan fingerprint density at radius 1 is 1.04 bits per heavy atom. The van der Waals surface area contributed by atoms with Crippen LogP contribution in [0.1, 0.15) is 71.6 Å². The molecule has 0 heterocycles. The van der Waals surface area contributed by atoms with Gasteiger partial charge in [0.15, 0.2) is 5.78 Å². The van der Waals surface area contributed by atoms with Crippen molar-refractivity contribution in [2.45, 2.75) is 77.2 Å². The predicted octanol–water partition coefficient (Wildman–Crippen LogP) is 4.97. The molecule has 0 saturated heterocycles. The number of fused-ring (bicyclic) bond motifs is 5. The van der Waals surface area contributed by atoms with E-state index in [0.29, 0.717) is 17.7 Å². The van der Waals surface area contributed by atoms with E-state index >= 15 is 0 Å². The highest BCUT2D eigenvalue weighted by atomic mass is 79.9. The zero-order valence-corrected chi connectivity index (χ0v) is 16.9. The van der Waals surface area contributed by atoms with Gasteiger partial charge in [0.1, 0.15) is 5.60 Å². The van der Waals surface area contributed by atoms with Gasteiger partial charge in [0.05, 0.1) is 5.33 Å². The summed E-state index contributed by atoms with van der Waals surface area (Å²) in [7, 11) is 0. The molecule has 0 bridgehead atoms. The smallest absolute Gasteiger partial charge is 0.175 e. The molecule has 4 fully saturated rings. The molecule has 0 radical (unpaired) electrons. The maximum Gasteiger partial charge on any atom is 0.175 e. The van der Waals surface area contributed by atoms with E-state index in [4.69, 9.17) is 0 Å². The molecule has 0 aliphatic heterocycles. The number of aliphatic hydroxyl groups is 1. The van der Waals surface area contributed by atoms with Gasteiger partial charge in [-0.3, -0.25) is 4.79 Å². The molecule has 4 saturated carbocycles. The monoisotopic (exact) mass is 396 g/mol. The Hall–Kier alpha value is 0.110. The SMILES string of the molecule is CC1CCC2C(CCC3C2CCC2(C)C3CC[C@]2(O)C(=O)CBr)C1. The molecule has 4 rings (SSSR count). The van der Waals surface area contributed by atoms with Crippen molar-refractivity contribution in [3.05, 3.63) is 0 Å². The van der Waals surface area contributed by atoms with Crippen molar-refractivity contribution in [2.75, 3.05) is 5.33 Å². The second-order valence-electron chi connectivity index (χ2n) is 9.77. The van der Waals surface area contributed by atoms with Crippen LogP contribution in [0, 0.1) is 40.9 Å². The predicted molar refractivity (Wildman–Crippen MR) is 100 cm³/mol. The minimum Gasteiger partial charge on any atom is -0.381 e. The highest BCUT2D eigenvalue weighted by Gasteiger charge is 2.64. The largest absolute Gasteiger partial charge is 0.381 e. The first-order valence-electron chi connectivity index (χ1n) is 10.2. The number of rotatable bonds is 2. The Kier molecular flexibility index (Phi) is 4.44. The Balaban J connectivity index is 1.59. The topological polar surface area (TPSA) is 37.3 Å². The Morgan fingerprint density at radius 3 is 2.54 bits per heavy atom. The molecule has 0 aromatic rings. The van der Waals surface area contributed by atoms with Gasteiger partial charge in [-0.1, -0.05) is 36.2 Å². The molecule has 4 aliphatic rings. The molecule has 3 heteroatoms. The van der Waals surface area contributed by atoms with Gasteiger partial charge in [-0.15, -0.1) is 0 Å². The first-order chi connectivity index (χ1) is 11.4. The number of carbonyl (C=O) groups is 1. The molecule has 8 atom stereocenters. The number of alkyl halides is 1. The van der Waals surface area contributed by atoms with Crippen molar-refractivity contribution in [2.24, 2.45) is 40.9 Å². The van der Waals surface area contributed by atoms with Crippen molar-refractivity contribution in [3.63, 3.8) is 0 Å². The van der Waals surface area contributed by atoms with E-state index < -0.39 is 5.60 Å². The van der Waals surface area contributed by atoms with E-state index in [1.807, 2.05) is 0 Å². The number of carbonyl (C=O) groups excluding carboxylic acids is 1. The minimum absolute atomic E-state index is 0.0196. The normalized spacial score (nSPS) is 53.8. The maximum atomic E-state index is 12.5. The summed E-state index contributed by atoms with van der Waals surface area (Å²) in [5.74, 6) is 5.03. The van der Waals surface area contributed by atoms with Gasteiger partial charge in [-0.2, -0.15) is 0 Å². The van der Waals surface area contributed by atoms with Crippen LogP contribution in [0.4, 0.5) is 0 Å². The van der Waals surface area contributed by atoms with Crippen LogP contribution >= 0.6 is 15.9 Å². The summed E-state index contributed by atoms with van der Waals surface area (Å²) < 4.78 is 0. The summed E-state index contributed by atoms with van der Waals surface area (Å²) in [6.45, 7) is 4.67. The average molecular weight is 397 g/mol. The fourth-order valence-electron chi connectivity index (χ4n) is 7.67. The summed E-state index contributed by atoms with van der Waals surface area (Å²) in [4.78, 5) is 12.5. The van der Waals surface area contributed by atoms with Gasteiger partial charge in [-0.25, -0.2) is 0 Å². The zero-order chi connectivity index (χ0) is 17.1. The molecule has 7 unspecified atom stereocenters. The molecule has 24 heavy (non-hydrogen) atoms. The quantitative estimate of drug-likeness (QED) is 0.668. The van der Waals surface area contributed by atoms with Crippen LogP contribution in [0.3, 0.4) is 0 Å². The molecular weight excluding hydrogens is 364 g/mol. The number of hydrogen-bond acceptors (Lipinski definition) is 2. The third-order valence-electron chi connectivity index (χ3n) is 8.95. The number of hydrogen-bond donors (Lipinski definition) is 1. The van der Waals surface area contributed by atoms with E-state index in [9.17, 15) is 9.90 Å². The lowest BCUT2D eigenvalue weighted by Crippen LogP contribution is -2.57. The fourth-order valence-corrected chi connectivity index (χ4v) is 8.14. The van der Waals surface area contributed by atoms with Crippen molar-refractivity contribution in [3.8, 4) is 0 Å². The van der Waals surface area contributed by atoms with Crippen LogP contribution in [0.25, 0.3) is 0 Å². The summed E-state index contributed by atoms with van der Waals surface area (Å²) in [6.07, 6.45) is 11.1. The van der Waals surface area contributed by atoms with Crippen molar-refractivity contribution in [1.82, 2.24) is 0 Å². The highest BCUT2D eigenvalue weighted by Crippen LogP contribution is 2.65. The Bertz CT molecular complexity index is 520. The molecule has 136 valence electrons. The van der Waals surface area contributed by atoms with E-state index in [0.717, 1.165) is 42.4 Å². The van der Waals surface area contributed by atoms with Gasteiger partial charge in [0.25, 0.3) is 0 Å². The lowest BCUT2D eigenvalue weighted by atomic mass is 9.48. The van der Waals surface area contributed by atoms with Crippen molar-refractivity contribution in [1.29, 1.82) is 0 Å². The van der Waals surface area contributed by atoms with Gasteiger partial charge < -0.3 is 5.11 Å². The van der Waals surface area contributed by atoms with Crippen LogP contribution in [0.2, 0.25) is 0 Å². The summed E-state index contributed by atoms with van der Waals surface area (Å²) in [5, 5.41) is 11.6. The summed E-state index contributed by atoms with van der Waals surface area (Å²) in [5.41, 5.74) is -1.27. The van der Waals surface area contributed by atoms with E-state index in [-0.39, 0.29) is 11.2 Å². The standard InChI is InChI=1S/C21H33BrO2/c1-13-3-5-15-14(11-13)4-6-17-16(15)7-9-20(2)18(17)8-10-21(20,24)19(23)12-22/h13-18,24H,3-12H2,1-2H3/t13?,14?,15?,16?,17?,18?,20?,21-/m0/s1. The Morgan fingerprint density at radius 2 is 1.79 bits per heavy atom. The van der Waals surface area contributed by atoms with Crippen LogP contribution in [0.15, 0.2) is 0 Å². The number of Topliss-reactive ketones (excluding diaryl/α,β-unsaturated/α-hetero) is 1. The zero-order valence-electron chi connectivity index (χ0n) is 15.3. The first-order valence-corrected chi connectivity index (χ1v) is 11.3. The molecule has 4 aliphatic carbocycles. The van der Waals surface area contributed by atoms with E-state index in [1.54, 1.807) is 0 Å². The fraction of sp³-hybridized carbons (Fsp3) is 0.952. The number of ketones is 1. The highest BCUT2D eigenvalue weighted by molar-refractivity contribution is 9.09. The second-order valence-corrected chi connectivity index (χ2v) is 10.3. The molecule has 1 N–H and O–H groups in total. The first kappa shape index (κ1) is 17.5. The lowest BCUT2D eigenvalue weighted by molar-refractivity contribution is -0.160. The molecule has 0 amide bonds. The third kappa shape index (κ3) is 2.32. The molecule has 2 nitrogen and oxygen atoms in total. The van der Waals surface area contributed by atoms with Gasteiger partial charge in [0, 0.05) is 5.41 Å². The van der Waals surface area contributed by atoms with Gasteiger partial charge >= 0.3 is 0 Å². The molecular formula is C21H33BrO2. The number of halogens is 1. The van der Waals surface area contributed by atoms with Crippen LogP contribution in [0.5, 0.6) is 0 Å². The molecule has 0 aromatic carbocycles. The van der Waals surface area contributed by atoms with Crippen LogP contribution in [-0.2, 0) is 4.79 Å². The van der Waals surface area contributed by atoms with Gasteiger partial charge in [0.2, 0.25) is 0 Å². The second kappa shape index (κ2) is 6.08. The maximum absolute atomic E-state index is 12.5. The molecule has 0 aromatic heterocycles. The van der Waals surface area contributed by atoms with Crippen LogP contribution < -0.4 is 0 Å². The van der Waals surface area contributed by atoms with Crippen LogP contribution in [-0.4, -0.2) is 21.8 Å². The van der Waals surface area contributed by atoms with E-state index in [2.05, 4.69) is 29.8 Å². The Labute approximate surface area is 155 Å². The summed E-state index contributed by atoms with van der Waals surface area (Å²) >= 11 is 3.31. The lowest BCUT2D eigenvalue weighted by Gasteiger charge is -2.57. The summed E-state index contributed by atoms with van der Waals surface area (Å²) in [6, 6.07) is 0. The minimum atomic E-state index is -1.08. The molecule has 0 spiro atoms. The van der Waals surface area contributed by atoms with Gasteiger partial charge in [-0.05, 0) is 86.9 Å².